The summed E-state index contributed by atoms with van der Waals surface area (Å²) in [6, 6.07) is 8.57. The quantitative estimate of drug-likeness (QED) is 0.407. The summed E-state index contributed by atoms with van der Waals surface area (Å²) >= 11 is 1.67. The number of rotatable bonds is 11. The molecule has 0 radical (unpaired) electrons. The number of carbonyl (C=O) groups is 3. The summed E-state index contributed by atoms with van der Waals surface area (Å²) in [5.74, 6) is -1.56. The van der Waals surface area contributed by atoms with Crippen molar-refractivity contribution in [2.45, 2.75) is 81.6 Å². The molecule has 1 N–H and O–H groups in total. The Balaban J connectivity index is 1.78. The molecule has 2 bridgehead atoms. The van der Waals surface area contributed by atoms with Crippen molar-refractivity contribution in [3.63, 3.8) is 0 Å². The van der Waals surface area contributed by atoms with Crippen molar-refractivity contribution in [3.05, 3.63) is 61.2 Å². The highest BCUT2D eigenvalue weighted by Gasteiger charge is 2.75. The van der Waals surface area contributed by atoms with Crippen LogP contribution < -0.4 is 0 Å². The topological polar surface area (TPSA) is 81.2 Å². The molecule has 40 heavy (non-hydrogen) atoms. The van der Waals surface area contributed by atoms with Crippen molar-refractivity contribution in [2.75, 3.05) is 19.7 Å². The zero-order valence-electron chi connectivity index (χ0n) is 24.6. The molecule has 0 saturated carbocycles. The van der Waals surface area contributed by atoms with Gasteiger partial charge in [-0.1, -0.05) is 56.3 Å². The first-order valence-corrected chi connectivity index (χ1v) is 15.3. The second-order valence-corrected chi connectivity index (χ2v) is 14.3. The zero-order chi connectivity index (χ0) is 29.4. The molecule has 8 heteroatoms. The van der Waals surface area contributed by atoms with Gasteiger partial charge in [0.1, 0.15) is 6.04 Å². The minimum absolute atomic E-state index is 0.0314. The number of fused-ring (bicyclic) bond motifs is 1. The Morgan fingerprint density at radius 3 is 2.35 bits per heavy atom. The van der Waals surface area contributed by atoms with Gasteiger partial charge in [-0.15, -0.1) is 24.9 Å². The van der Waals surface area contributed by atoms with Crippen LogP contribution in [0.15, 0.2) is 55.6 Å². The second-order valence-electron chi connectivity index (χ2n) is 12.7. The van der Waals surface area contributed by atoms with E-state index in [1.165, 1.54) is 0 Å². The van der Waals surface area contributed by atoms with E-state index >= 15 is 0 Å². The Bertz CT molecular complexity index is 1130. The van der Waals surface area contributed by atoms with E-state index in [9.17, 15) is 19.5 Å². The Labute approximate surface area is 243 Å². The van der Waals surface area contributed by atoms with E-state index in [1.807, 2.05) is 65.0 Å². The molecule has 218 valence electrons. The third-order valence-electron chi connectivity index (χ3n) is 8.84. The zero-order valence-corrected chi connectivity index (χ0v) is 25.4. The number of likely N-dealkylation sites (tertiary alicyclic amines) is 1. The summed E-state index contributed by atoms with van der Waals surface area (Å²) in [7, 11) is 0. The molecule has 2 unspecified atom stereocenters. The average Bonchev–Trinajstić information content (AvgIpc) is 3.54. The van der Waals surface area contributed by atoms with Crippen molar-refractivity contribution >= 4 is 29.5 Å². The predicted octanol–water partition coefficient (Wildman–Crippen LogP) is 4.12. The van der Waals surface area contributed by atoms with Gasteiger partial charge in [0, 0.05) is 30.4 Å². The SMILES string of the molecule is C=CCN(Cc1ccccc1)C(=O)[C@@H]1[C@@H]2CCC3(S2)C(C(=O)N(CC=C)C(C)(C)C)N([C@@H](CO)C(C)C)C(=O)[C@H]13. The summed E-state index contributed by atoms with van der Waals surface area (Å²) in [6.45, 7) is 18.6. The molecular formula is C32H45N3O4S. The van der Waals surface area contributed by atoms with Crippen LogP contribution in [0, 0.1) is 17.8 Å². The molecule has 1 aromatic rings. The molecule has 1 aromatic carbocycles. The molecule has 3 aliphatic heterocycles. The summed E-state index contributed by atoms with van der Waals surface area (Å²) in [5, 5.41) is 10.4. The third-order valence-corrected chi connectivity index (χ3v) is 10.8. The van der Waals surface area contributed by atoms with Gasteiger partial charge in [0.15, 0.2) is 0 Å². The lowest BCUT2D eigenvalue weighted by atomic mass is 9.70. The van der Waals surface area contributed by atoms with Gasteiger partial charge in [-0.3, -0.25) is 14.4 Å². The van der Waals surface area contributed by atoms with E-state index in [1.54, 1.807) is 38.6 Å². The number of carbonyl (C=O) groups excluding carboxylic acids is 3. The molecule has 7 nitrogen and oxygen atoms in total. The van der Waals surface area contributed by atoms with E-state index in [0.717, 1.165) is 12.0 Å². The number of hydrogen-bond acceptors (Lipinski definition) is 5. The Kier molecular flexibility index (Phi) is 8.91. The Morgan fingerprint density at radius 2 is 1.80 bits per heavy atom. The number of hydrogen-bond donors (Lipinski definition) is 1. The molecule has 6 atom stereocenters. The molecular weight excluding hydrogens is 522 g/mol. The molecule has 3 amide bonds. The van der Waals surface area contributed by atoms with E-state index < -0.39 is 34.2 Å². The first kappa shape index (κ1) is 30.4. The highest BCUT2D eigenvalue weighted by molar-refractivity contribution is 8.02. The molecule has 3 fully saturated rings. The maximum Gasteiger partial charge on any atom is 0.247 e. The first-order valence-electron chi connectivity index (χ1n) is 14.4. The molecule has 4 rings (SSSR count). The maximum absolute atomic E-state index is 14.5. The maximum atomic E-state index is 14.5. The fourth-order valence-electron chi connectivity index (χ4n) is 7.00. The first-order chi connectivity index (χ1) is 18.9. The van der Waals surface area contributed by atoms with Crippen LogP contribution in [0.3, 0.4) is 0 Å². The van der Waals surface area contributed by atoms with Gasteiger partial charge >= 0.3 is 0 Å². The normalized spacial score (nSPS) is 28.0. The van der Waals surface area contributed by atoms with Crippen molar-refractivity contribution < 1.29 is 19.5 Å². The lowest BCUT2D eigenvalue weighted by Crippen LogP contribution is -2.61. The van der Waals surface area contributed by atoms with Crippen molar-refractivity contribution in [2.24, 2.45) is 17.8 Å². The number of thioether (sulfide) groups is 1. The molecule has 0 aliphatic carbocycles. The summed E-state index contributed by atoms with van der Waals surface area (Å²) in [4.78, 5) is 48.6. The van der Waals surface area contributed by atoms with Gasteiger partial charge in [0.25, 0.3) is 0 Å². The van der Waals surface area contributed by atoms with Crippen LogP contribution in [0.1, 0.15) is 53.0 Å². The molecule has 3 saturated heterocycles. The van der Waals surface area contributed by atoms with E-state index in [-0.39, 0.29) is 35.5 Å². The lowest BCUT2D eigenvalue weighted by Gasteiger charge is -2.44. The van der Waals surface area contributed by atoms with Gasteiger partial charge in [-0.2, -0.15) is 0 Å². The van der Waals surface area contributed by atoms with Crippen LogP contribution in [-0.2, 0) is 20.9 Å². The van der Waals surface area contributed by atoms with Crippen molar-refractivity contribution in [3.8, 4) is 0 Å². The highest BCUT2D eigenvalue weighted by atomic mass is 32.2. The van der Waals surface area contributed by atoms with Crippen molar-refractivity contribution in [1.29, 1.82) is 0 Å². The summed E-state index contributed by atoms with van der Waals surface area (Å²) in [6.07, 6.45) is 4.91. The molecule has 0 aromatic heterocycles. The van der Waals surface area contributed by atoms with Gasteiger partial charge in [-0.25, -0.2) is 0 Å². The predicted molar refractivity (Wildman–Crippen MR) is 160 cm³/mol. The van der Waals surface area contributed by atoms with Crippen LogP contribution in [0.5, 0.6) is 0 Å². The number of aliphatic hydroxyl groups is 1. The van der Waals surface area contributed by atoms with E-state index in [4.69, 9.17) is 0 Å². The fourth-order valence-corrected chi connectivity index (χ4v) is 9.20. The number of amides is 3. The second kappa shape index (κ2) is 11.7. The van der Waals surface area contributed by atoms with Crippen LogP contribution in [0.25, 0.3) is 0 Å². The van der Waals surface area contributed by atoms with E-state index in [2.05, 4.69) is 13.2 Å². The van der Waals surface area contributed by atoms with Crippen molar-refractivity contribution in [1.82, 2.24) is 14.7 Å². The summed E-state index contributed by atoms with van der Waals surface area (Å²) < 4.78 is -0.710. The molecule has 3 heterocycles. The smallest absolute Gasteiger partial charge is 0.247 e. The highest BCUT2D eigenvalue weighted by Crippen LogP contribution is 2.67. The number of nitrogens with zero attached hydrogens (tertiary/aromatic N) is 3. The van der Waals surface area contributed by atoms with Crippen LogP contribution in [0.2, 0.25) is 0 Å². The van der Waals surface area contributed by atoms with Crippen LogP contribution in [0.4, 0.5) is 0 Å². The minimum atomic E-state index is -0.751. The summed E-state index contributed by atoms with van der Waals surface area (Å²) in [5.41, 5.74) is 0.523. The fraction of sp³-hybridized carbons (Fsp3) is 0.594. The number of benzene rings is 1. The molecule has 1 spiro atoms. The van der Waals surface area contributed by atoms with Gasteiger partial charge in [0.05, 0.1) is 29.2 Å². The minimum Gasteiger partial charge on any atom is -0.394 e. The number of aliphatic hydroxyl groups excluding tert-OH is 1. The van der Waals surface area contributed by atoms with Gasteiger partial charge < -0.3 is 19.8 Å². The van der Waals surface area contributed by atoms with Gasteiger partial charge in [0.2, 0.25) is 17.7 Å². The average molecular weight is 568 g/mol. The lowest BCUT2D eigenvalue weighted by molar-refractivity contribution is -0.149. The molecule has 3 aliphatic rings. The van der Waals surface area contributed by atoms with E-state index in [0.29, 0.717) is 26.1 Å². The Hall–Kier alpha value is -2.58. The Morgan fingerprint density at radius 1 is 1.15 bits per heavy atom. The third kappa shape index (κ3) is 5.13. The van der Waals surface area contributed by atoms with Crippen LogP contribution in [-0.4, -0.2) is 84.8 Å². The largest absolute Gasteiger partial charge is 0.394 e. The van der Waals surface area contributed by atoms with Gasteiger partial charge in [-0.05, 0) is 45.1 Å². The standard InChI is InChI=1S/C32H45N3O4S/c1-8-17-33(19-22-13-11-10-12-14-22)28(37)25-24-15-16-32(40-24)26(25)29(38)35(23(20-36)21(3)4)27(32)30(39)34(18-9-2)31(5,6)7/h8-14,21,23-27,36H,1-2,15-20H2,3-7H3/t23-,24-,25+,26-,27?,32?/m0/s1. The monoisotopic (exact) mass is 567 g/mol. The van der Waals surface area contributed by atoms with Crippen LogP contribution >= 0.6 is 11.8 Å².